The van der Waals surface area contributed by atoms with Crippen LogP contribution in [0.2, 0.25) is 0 Å². The van der Waals surface area contributed by atoms with E-state index in [1.807, 2.05) is 6.26 Å². The first-order chi connectivity index (χ1) is 7.16. The second kappa shape index (κ2) is 4.56. The lowest BCUT2D eigenvalue weighted by atomic mass is 9.96. The van der Waals surface area contributed by atoms with Gasteiger partial charge in [0.1, 0.15) is 0 Å². The molecule has 15 heavy (non-hydrogen) atoms. The maximum absolute atomic E-state index is 10.9. The molecule has 86 valence electrons. The van der Waals surface area contributed by atoms with E-state index in [0.29, 0.717) is 18.1 Å². The summed E-state index contributed by atoms with van der Waals surface area (Å²) in [5.41, 5.74) is 1.39. The molecule has 4 heteroatoms. The average Bonchev–Trinajstić information content (AvgIpc) is 2.16. The van der Waals surface area contributed by atoms with Gasteiger partial charge in [0.25, 0.3) is 0 Å². The lowest BCUT2D eigenvalue weighted by Crippen LogP contribution is -2.38. The van der Waals surface area contributed by atoms with E-state index in [0.717, 1.165) is 12.8 Å². The minimum Gasteiger partial charge on any atom is -0.501 e. The molecule has 0 bridgehead atoms. The van der Waals surface area contributed by atoms with Gasteiger partial charge in [-0.2, -0.15) is 0 Å². The molecule has 2 rings (SSSR count). The van der Waals surface area contributed by atoms with Crippen LogP contribution in [0.15, 0.2) is 11.8 Å². The zero-order chi connectivity index (χ0) is 10.7. The molecule has 0 N–H and O–H groups in total. The van der Waals surface area contributed by atoms with Gasteiger partial charge in [-0.3, -0.25) is 0 Å². The van der Waals surface area contributed by atoms with Gasteiger partial charge >= 0.3 is 0 Å². The summed E-state index contributed by atoms with van der Waals surface area (Å²) in [6, 6.07) is 0. The molecule has 0 aromatic carbocycles. The van der Waals surface area contributed by atoms with Crippen LogP contribution in [-0.4, -0.2) is 26.5 Å². The molecule has 1 saturated carbocycles. The Bertz CT molecular complexity index is 323. The van der Waals surface area contributed by atoms with E-state index < -0.39 is 9.84 Å². The molecule has 1 heterocycles. The second-order valence-corrected chi connectivity index (χ2v) is 6.77. The highest BCUT2D eigenvalue weighted by molar-refractivity contribution is 7.92. The highest BCUT2D eigenvalue weighted by Crippen LogP contribution is 2.23. The number of ether oxygens (including phenoxy) is 1. The molecule has 0 unspecified atom stereocenters. The van der Waals surface area contributed by atoms with E-state index >= 15 is 0 Å². The number of sulfone groups is 1. The monoisotopic (exact) mass is 230 g/mol. The maximum Gasteiger partial charge on any atom is 0.151 e. The number of rotatable bonds is 3. The number of hydrogen-bond donors (Lipinski definition) is 0. The summed E-state index contributed by atoms with van der Waals surface area (Å²) in [6.07, 6.45) is 8.05. The van der Waals surface area contributed by atoms with Gasteiger partial charge in [0.05, 0.1) is 24.4 Å². The summed E-state index contributed by atoms with van der Waals surface area (Å²) in [7, 11) is -2.69. The van der Waals surface area contributed by atoms with E-state index in [1.165, 1.54) is 24.8 Å². The largest absolute Gasteiger partial charge is 0.501 e. The van der Waals surface area contributed by atoms with Crippen molar-refractivity contribution in [1.29, 1.82) is 0 Å². The maximum atomic E-state index is 10.9. The number of allylic oxidation sites excluding steroid dienone is 1. The first-order valence-corrected chi connectivity index (χ1v) is 7.48. The van der Waals surface area contributed by atoms with Gasteiger partial charge in [-0.1, -0.05) is 6.42 Å². The summed E-state index contributed by atoms with van der Waals surface area (Å²) in [5, 5.41) is 0. The Kier molecular flexibility index (Phi) is 3.34. The summed E-state index contributed by atoms with van der Waals surface area (Å²) in [6.45, 7) is 0.572. The molecule has 3 nitrogen and oxygen atoms in total. The van der Waals surface area contributed by atoms with E-state index in [-0.39, 0.29) is 5.92 Å². The van der Waals surface area contributed by atoms with Crippen molar-refractivity contribution in [2.45, 2.75) is 32.1 Å². The highest BCUT2D eigenvalue weighted by Gasteiger charge is 2.33. The SMILES string of the molecule is O=S1(=O)CC(COC=C2CCCCC2)C1. The molecule has 1 saturated heterocycles. The second-order valence-electron chi connectivity index (χ2n) is 4.61. The van der Waals surface area contributed by atoms with Gasteiger partial charge in [-0.25, -0.2) is 8.42 Å². The Labute approximate surface area is 91.4 Å². The highest BCUT2D eigenvalue weighted by atomic mass is 32.2. The van der Waals surface area contributed by atoms with Crippen LogP contribution in [-0.2, 0) is 14.6 Å². The van der Waals surface area contributed by atoms with Crippen molar-refractivity contribution >= 4 is 9.84 Å². The van der Waals surface area contributed by atoms with E-state index in [4.69, 9.17) is 4.74 Å². The third kappa shape index (κ3) is 3.23. The van der Waals surface area contributed by atoms with Crippen LogP contribution in [0.25, 0.3) is 0 Å². The van der Waals surface area contributed by atoms with Crippen LogP contribution >= 0.6 is 0 Å². The first-order valence-electron chi connectivity index (χ1n) is 5.66. The lowest BCUT2D eigenvalue weighted by molar-refractivity contribution is 0.202. The van der Waals surface area contributed by atoms with E-state index in [9.17, 15) is 8.42 Å². The van der Waals surface area contributed by atoms with Gasteiger partial charge in [0, 0.05) is 5.92 Å². The molecule has 1 aliphatic heterocycles. The molecule has 0 atom stereocenters. The fourth-order valence-corrected chi connectivity index (χ4v) is 3.72. The fraction of sp³-hybridized carbons (Fsp3) is 0.818. The topological polar surface area (TPSA) is 43.4 Å². The van der Waals surface area contributed by atoms with Crippen LogP contribution in [0.3, 0.4) is 0 Å². The van der Waals surface area contributed by atoms with Gasteiger partial charge in [-0.15, -0.1) is 0 Å². The van der Waals surface area contributed by atoms with Crippen LogP contribution in [0.4, 0.5) is 0 Å². The summed E-state index contributed by atoms with van der Waals surface area (Å²) >= 11 is 0. The van der Waals surface area contributed by atoms with Gasteiger partial charge in [0.2, 0.25) is 0 Å². The Morgan fingerprint density at radius 1 is 1.20 bits per heavy atom. The van der Waals surface area contributed by atoms with Crippen molar-refractivity contribution in [2.24, 2.45) is 5.92 Å². The third-order valence-electron chi connectivity index (χ3n) is 3.06. The average molecular weight is 230 g/mol. The Balaban J connectivity index is 1.66. The van der Waals surface area contributed by atoms with Gasteiger partial charge in [0.15, 0.2) is 9.84 Å². The normalized spacial score (nSPS) is 25.7. The molecule has 0 radical (unpaired) electrons. The van der Waals surface area contributed by atoms with Crippen LogP contribution in [0.1, 0.15) is 32.1 Å². The minimum absolute atomic E-state index is 0.232. The summed E-state index contributed by atoms with van der Waals surface area (Å²) in [5.74, 6) is 0.863. The molecule has 1 aliphatic carbocycles. The zero-order valence-corrected chi connectivity index (χ0v) is 9.76. The van der Waals surface area contributed by atoms with Gasteiger partial charge in [-0.05, 0) is 31.3 Å². The van der Waals surface area contributed by atoms with Crippen LogP contribution in [0.5, 0.6) is 0 Å². The minimum atomic E-state index is -2.69. The third-order valence-corrected chi connectivity index (χ3v) is 5.02. The molecule has 0 spiro atoms. The Morgan fingerprint density at radius 2 is 1.87 bits per heavy atom. The molecular formula is C11H18O3S. The van der Waals surface area contributed by atoms with Crippen LogP contribution in [0, 0.1) is 5.92 Å². The molecule has 0 amide bonds. The van der Waals surface area contributed by atoms with Crippen molar-refractivity contribution < 1.29 is 13.2 Å². The molecule has 2 fully saturated rings. The predicted octanol–water partition coefficient (Wildman–Crippen LogP) is 1.90. The molecular weight excluding hydrogens is 212 g/mol. The first kappa shape index (κ1) is 11.0. The lowest BCUT2D eigenvalue weighted by Gasteiger charge is -2.25. The molecule has 0 aromatic rings. The molecule has 0 aromatic heterocycles. The number of hydrogen-bond acceptors (Lipinski definition) is 3. The Hall–Kier alpha value is -0.510. The van der Waals surface area contributed by atoms with Crippen molar-refractivity contribution in [3.8, 4) is 0 Å². The van der Waals surface area contributed by atoms with Crippen molar-refractivity contribution in [3.05, 3.63) is 11.8 Å². The fourth-order valence-electron chi connectivity index (χ4n) is 2.19. The van der Waals surface area contributed by atoms with Gasteiger partial charge < -0.3 is 4.74 Å². The summed E-state index contributed by atoms with van der Waals surface area (Å²) < 4.78 is 27.2. The quantitative estimate of drug-likeness (QED) is 0.695. The Morgan fingerprint density at radius 3 is 2.47 bits per heavy atom. The standard InChI is InChI=1S/C11H18O3S/c12-15(13)8-11(9-15)7-14-6-10-4-2-1-3-5-10/h6,11H,1-5,7-9H2. The van der Waals surface area contributed by atoms with Crippen molar-refractivity contribution in [3.63, 3.8) is 0 Å². The van der Waals surface area contributed by atoms with Crippen molar-refractivity contribution in [1.82, 2.24) is 0 Å². The smallest absolute Gasteiger partial charge is 0.151 e. The zero-order valence-electron chi connectivity index (χ0n) is 8.94. The van der Waals surface area contributed by atoms with Crippen molar-refractivity contribution in [2.75, 3.05) is 18.1 Å². The van der Waals surface area contributed by atoms with E-state index in [1.54, 1.807) is 0 Å². The van der Waals surface area contributed by atoms with Crippen LogP contribution < -0.4 is 0 Å². The molecule has 2 aliphatic rings. The predicted molar refractivity (Wildman–Crippen MR) is 59.3 cm³/mol. The van der Waals surface area contributed by atoms with E-state index in [2.05, 4.69) is 0 Å². The summed E-state index contributed by atoms with van der Waals surface area (Å²) in [4.78, 5) is 0.